The van der Waals surface area contributed by atoms with Gasteiger partial charge in [-0.15, -0.1) is 0 Å². The highest BCUT2D eigenvalue weighted by atomic mass is 19.1. The largest absolute Gasteiger partial charge is 0.299 e. The van der Waals surface area contributed by atoms with Crippen LogP contribution in [0.4, 0.5) is 4.39 Å². The lowest BCUT2D eigenvalue weighted by atomic mass is 10.1. The Morgan fingerprint density at radius 2 is 1.79 bits per heavy atom. The van der Waals surface area contributed by atoms with Crippen molar-refractivity contribution >= 4 is 11.6 Å². The zero-order chi connectivity index (χ0) is 10.6. The SMILES string of the molecule is CCC(=O)CC(=O)c1ccc(F)cc1. The topological polar surface area (TPSA) is 34.1 Å². The zero-order valence-corrected chi connectivity index (χ0v) is 7.92. The molecule has 0 radical (unpaired) electrons. The molecule has 0 amide bonds. The number of carbonyl (C=O) groups is 2. The minimum atomic E-state index is -0.386. The predicted molar refractivity (Wildman–Crippen MR) is 50.6 cm³/mol. The Morgan fingerprint density at radius 1 is 1.21 bits per heavy atom. The average molecular weight is 194 g/mol. The van der Waals surface area contributed by atoms with Crippen LogP contribution in [0, 0.1) is 5.82 Å². The van der Waals surface area contributed by atoms with Gasteiger partial charge in [-0.3, -0.25) is 9.59 Å². The second kappa shape index (κ2) is 4.65. The molecule has 1 aromatic carbocycles. The normalized spacial score (nSPS) is 9.86. The number of hydrogen-bond acceptors (Lipinski definition) is 2. The molecule has 0 spiro atoms. The number of carbonyl (C=O) groups excluding carboxylic acids is 2. The van der Waals surface area contributed by atoms with E-state index in [2.05, 4.69) is 0 Å². The lowest BCUT2D eigenvalue weighted by molar-refractivity contribution is -0.117. The fraction of sp³-hybridized carbons (Fsp3) is 0.273. The molecule has 0 N–H and O–H groups in total. The van der Waals surface area contributed by atoms with Gasteiger partial charge < -0.3 is 0 Å². The highest BCUT2D eigenvalue weighted by Gasteiger charge is 2.09. The van der Waals surface area contributed by atoms with E-state index in [0.717, 1.165) is 0 Å². The average Bonchev–Trinajstić information content (AvgIpc) is 2.18. The smallest absolute Gasteiger partial charge is 0.170 e. The van der Waals surface area contributed by atoms with Gasteiger partial charge in [0, 0.05) is 12.0 Å². The van der Waals surface area contributed by atoms with Gasteiger partial charge in [0.05, 0.1) is 6.42 Å². The second-order valence-corrected chi connectivity index (χ2v) is 3.00. The minimum Gasteiger partial charge on any atom is -0.299 e. The summed E-state index contributed by atoms with van der Waals surface area (Å²) in [6.07, 6.45) is 0.259. The first-order chi connectivity index (χ1) is 6.63. The maximum atomic E-state index is 12.5. The fourth-order valence-electron chi connectivity index (χ4n) is 1.04. The van der Waals surface area contributed by atoms with Gasteiger partial charge in [0.15, 0.2) is 5.78 Å². The molecule has 3 heteroatoms. The molecule has 1 aromatic rings. The number of hydrogen-bond donors (Lipinski definition) is 0. The monoisotopic (exact) mass is 194 g/mol. The second-order valence-electron chi connectivity index (χ2n) is 3.00. The van der Waals surface area contributed by atoms with Gasteiger partial charge in [0.25, 0.3) is 0 Å². The van der Waals surface area contributed by atoms with Gasteiger partial charge in [0.1, 0.15) is 11.6 Å². The summed E-state index contributed by atoms with van der Waals surface area (Å²) in [7, 11) is 0. The van der Waals surface area contributed by atoms with Crippen LogP contribution in [0.3, 0.4) is 0 Å². The van der Waals surface area contributed by atoms with Crippen molar-refractivity contribution in [2.24, 2.45) is 0 Å². The van der Waals surface area contributed by atoms with E-state index in [9.17, 15) is 14.0 Å². The molecule has 0 aromatic heterocycles. The highest BCUT2D eigenvalue weighted by molar-refractivity contribution is 6.07. The van der Waals surface area contributed by atoms with Crippen molar-refractivity contribution in [3.8, 4) is 0 Å². The molecule has 2 nitrogen and oxygen atoms in total. The molecule has 1 rings (SSSR count). The van der Waals surface area contributed by atoms with Crippen LogP contribution in [-0.4, -0.2) is 11.6 Å². The number of halogens is 1. The van der Waals surface area contributed by atoms with E-state index in [-0.39, 0.29) is 23.8 Å². The van der Waals surface area contributed by atoms with Gasteiger partial charge in [0.2, 0.25) is 0 Å². The van der Waals surface area contributed by atoms with Gasteiger partial charge in [-0.1, -0.05) is 6.92 Å². The van der Waals surface area contributed by atoms with Crippen LogP contribution in [-0.2, 0) is 4.79 Å². The van der Waals surface area contributed by atoms with E-state index in [1.54, 1.807) is 6.92 Å². The molecular weight excluding hydrogens is 183 g/mol. The summed E-state index contributed by atoms with van der Waals surface area (Å²) in [5.41, 5.74) is 0.383. The third-order valence-electron chi connectivity index (χ3n) is 1.92. The van der Waals surface area contributed by atoms with Crippen molar-refractivity contribution in [1.29, 1.82) is 0 Å². The van der Waals surface area contributed by atoms with Crippen molar-refractivity contribution in [1.82, 2.24) is 0 Å². The first kappa shape index (κ1) is 10.6. The molecule has 0 saturated heterocycles. The van der Waals surface area contributed by atoms with Crippen molar-refractivity contribution < 1.29 is 14.0 Å². The summed E-state index contributed by atoms with van der Waals surface area (Å²) < 4.78 is 12.5. The van der Waals surface area contributed by atoms with Crippen molar-refractivity contribution in [2.75, 3.05) is 0 Å². The van der Waals surface area contributed by atoms with Crippen LogP contribution in [0.1, 0.15) is 30.1 Å². The molecule has 0 aliphatic rings. The minimum absolute atomic E-state index is 0.0951. The van der Waals surface area contributed by atoms with Crippen LogP contribution in [0.5, 0.6) is 0 Å². The first-order valence-corrected chi connectivity index (χ1v) is 4.44. The summed E-state index contributed by atoms with van der Waals surface area (Å²) in [6, 6.07) is 5.20. The van der Waals surface area contributed by atoms with Gasteiger partial charge >= 0.3 is 0 Å². The summed E-state index contributed by atoms with van der Waals surface area (Å²) in [5, 5.41) is 0. The van der Waals surface area contributed by atoms with E-state index in [1.165, 1.54) is 24.3 Å². The van der Waals surface area contributed by atoms with E-state index in [1.807, 2.05) is 0 Å². The number of ketones is 2. The molecular formula is C11H11FO2. The van der Waals surface area contributed by atoms with Crippen LogP contribution in [0.15, 0.2) is 24.3 Å². The fourth-order valence-corrected chi connectivity index (χ4v) is 1.04. The lowest BCUT2D eigenvalue weighted by Gasteiger charge is -1.98. The Labute approximate surface area is 81.7 Å². The number of rotatable bonds is 4. The quantitative estimate of drug-likeness (QED) is 0.544. The van der Waals surface area contributed by atoms with E-state index < -0.39 is 0 Å². The third-order valence-corrected chi connectivity index (χ3v) is 1.92. The maximum Gasteiger partial charge on any atom is 0.170 e. The molecule has 0 fully saturated rings. The summed E-state index contributed by atoms with van der Waals surface area (Å²) in [5.74, 6) is -0.737. The Balaban J connectivity index is 2.70. The summed E-state index contributed by atoms with van der Waals surface area (Å²) >= 11 is 0. The van der Waals surface area contributed by atoms with Crippen LogP contribution >= 0.6 is 0 Å². The Hall–Kier alpha value is -1.51. The Morgan fingerprint density at radius 3 is 2.29 bits per heavy atom. The van der Waals surface area contributed by atoms with Crippen LogP contribution < -0.4 is 0 Å². The van der Waals surface area contributed by atoms with E-state index >= 15 is 0 Å². The molecule has 0 bridgehead atoms. The predicted octanol–water partition coefficient (Wildman–Crippen LogP) is 2.38. The Bertz CT molecular complexity index is 341. The maximum absolute atomic E-state index is 12.5. The number of benzene rings is 1. The van der Waals surface area contributed by atoms with E-state index in [0.29, 0.717) is 12.0 Å². The summed E-state index contributed by atoms with van der Waals surface area (Å²) in [4.78, 5) is 22.3. The standard InChI is InChI=1S/C11H11FO2/c1-2-10(13)7-11(14)8-3-5-9(12)6-4-8/h3-6H,2,7H2,1H3. The molecule has 0 aliphatic carbocycles. The Kier molecular flexibility index (Phi) is 3.51. The van der Waals surface area contributed by atoms with Crippen molar-refractivity contribution in [3.63, 3.8) is 0 Å². The molecule has 0 heterocycles. The third kappa shape index (κ3) is 2.76. The van der Waals surface area contributed by atoms with E-state index in [4.69, 9.17) is 0 Å². The van der Waals surface area contributed by atoms with Crippen LogP contribution in [0.2, 0.25) is 0 Å². The first-order valence-electron chi connectivity index (χ1n) is 4.44. The molecule has 0 aliphatic heterocycles. The van der Waals surface area contributed by atoms with Gasteiger partial charge in [-0.05, 0) is 24.3 Å². The molecule has 0 unspecified atom stereocenters. The highest BCUT2D eigenvalue weighted by Crippen LogP contribution is 2.06. The molecule has 0 atom stereocenters. The molecule has 0 saturated carbocycles. The molecule has 14 heavy (non-hydrogen) atoms. The zero-order valence-electron chi connectivity index (χ0n) is 7.92. The summed E-state index contributed by atoms with van der Waals surface area (Å²) in [6.45, 7) is 1.71. The van der Waals surface area contributed by atoms with Crippen molar-refractivity contribution in [3.05, 3.63) is 35.6 Å². The van der Waals surface area contributed by atoms with Gasteiger partial charge in [-0.25, -0.2) is 4.39 Å². The molecule has 74 valence electrons. The van der Waals surface area contributed by atoms with Crippen molar-refractivity contribution in [2.45, 2.75) is 19.8 Å². The number of Topliss-reactive ketones (excluding diaryl/α,β-unsaturated/α-hetero) is 2. The van der Waals surface area contributed by atoms with Crippen LogP contribution in [0.25, 0.3) is 0 Å². The van der Waals surface area contributed by atoms with Gasteiger partial charge in [-0.2, -0.15) is 0 Å². The lowest BCUT2D eigenvalue weighted by Crippen LogP contribution is -2.06.